The van der Waals surface area contributed by atoms with Gasteiger partial charge in [-0.25, -0.2) is 4.79 Å². The van der Waals surface area contributed by atoms with Crippen LogP contribution in [-0.2, 0) is 20.0 Å². The van der Waals surface area contributed by atoms with Crippen molar-refractivity contribution < 1.29 is 15.0 Å². The molecule has 2 aromatic heterocycles. The van der Waals surface area contributed by atoms with Gasteiger partial charge in [-0.2, -0.15) is 0 Å². The van der Waals surface area contributed by atoms with Crippen LogP contribution in [0, 0.1) is 11.8 Å². The van der Waals surface area contributed by atoms with Crippen LogP contribution in [-0.4, -0.2) is 49.8 Å². The highest BCUT2D eigenvalue weighted by Gasteiger charge is 2.39. The number of hydrogen-bond acceptors (Lipinski definition) is 5. The van der Waals surface area contributed by atoms with Gasteiger partial charge in [0.05, 0.1) is 5.69 Å². The van der Waals surface area contributed by atoms with Crippen molar-refractivity contribution in [3.05, 3.63) is 51.4 Å². The van der Waals surface area contributed by atoms with E-state index in [4.69, 9.17) is 5.73 Å². The molecule has 2 fully saturated rings. The molecule has 5 rings (SSSR count). The van der Waals surface area contributed by atoms with Gasteiger partial charge >= 0.3 is 5.97 Å². The number of aromatic hydroxyl groups is 1. The highest BCUT2D eigenvalue weighted by molar-refractivity contribution is 5.92. The van der Waals surface area contributed by atoms with Crippen molar-refractivity contribution >= 4 is 29.3 Å². The Kier molecular flexibility index (Phi) is 6.50. The zero-order valence-electron chi connectivity index (χ0n) is 19.4. The van der Waals surface area contributed by atoms with Crippen LogP contribution in [0.4, 0.5) is 0 Å². The predicted molar refractivity (Wildman–Crippen MR) is 134 cm³/mol. The molecule has 0 radical (unpaired) electrons. The van der Waals surface area contributed by atoms with Gasteiger partial charge in [0.15, 0.2) is 5.56 Å². The monoisotopic (exact) mass is 486 g/mol. The molecular weight excluding hydrogens is 456 g/mol. The number of hydrogen-bond donors (Lipinski definition) is 4. The number of aromatic amines is 1. The van der Waals surface area contributed by atoms with Crippen LogP contribution in [0.3, 0.4) is 0 Å². The minimum atomic E-state index is -1.44. The van der Waals surface area contributed by atoms with E-state index in [9.17, 15) is 19.8 Å². The maximum absolute atomic E-state index is 12.3. The van der Waals surface area contributed by atoms with Crippen molar-refractivity contribution in [2.45, 2.75) is 38.8 Å². The first-order chi connectivity index (χ1) is 15.8. The predicted octanol–water partition coefficient (Wildman–Crippen LogP) is 3.09. The second-order valence-electron chi connectivity index (χ2n) is 9.60. The van der Waals surface area contributed by atoms with E-state index in [2.05, 4.69) is 27.6 Å². The third kappa shape index (κ3) is 4.00. The largest absolute Gasteiger partial charge is 0.506 e. The maximum atomic E-state index is 12.3. The van der Waals surface area contributed by atoms with Crippen LogP contribution < -0.4 is 11.3 Å². The van der Waals surface area contributed by atoms with E-state index in [1.807, 2.05) is 25.1 Å². The number of halogens is 1. The maximum Gasteiger partial charge on any atom is 0.345 e. The van der Waals surface area contributed by atoms with E-state index in [0.29, 0.717) is 35.6 Å². The van der Waals surface area contributed by atoms with E-state index >= 15 is 0 Å². The third-order valence-electron chi connectivity index (χ3n) is 7.54. The Balaban J connectivity index is 0.00000274. The normalized spacial score (nSPS) is 22.1. The molecule has 0 spiro atoms. The summed E-state index contributed by atoms with van der Waals surface area (Å²) in [4.78, 5) is 29.0. The SMILES string of the molecule is CCc1c(-c2ccc3c(c2)cc(CN2C[C@H]4CC(N)C[C@H]4C2)n3C)[nH]c(=O)c(C(=O)O)c1O.Cl. The van der Waals surface area contributed by atoms with Crippen molar-refractivity contribution in [3.63, 3.8) is 0 Å². The van der Waals surface area contributed by atoms with Crippen molar-refractivity contribution in [1.82, 2.24) is 14.5 Å². The van der Waals surface area contributed by atoms with Gasteiger partial charge < -0.3 is 25.5 Å². The number of H-pyrrole nitrogens is 1. The Morgan fingerprint density at radius 3 is 2.50 bits per heavy atom. The summed E-state index contributed by atoms with van der Waals surface area (Å²) in [6.45, 7) is 4.90. The number of fused-ring (bicyclic) bond motifs is 2. The summed E-state index contributed by atoms with van der Waals surface area (Å²) in [7, 11) is 2.07. The van der Waals surface area contributed by atoms with Gasteiger partial charge in [0, 0.05) is 54.9 Å². The van der Waals surface area contributed by atoms with Gasteiger partial charge in [0.1, 0.15) is 5.75 Å². The minimum absolute atomic E-state index is 0. The number of carbonyl (C=O) groups is 1. The number of likely N-dealkylation sites (tertiary alicyclic amines) is 1. The van der Waals surface area contributed by atoms with Crippen LogP contribution in [0.5, 0.6) is 5.75 Å². The minimum Gasteiger partial charge on any atom is -0.506 e. The first-order valence-corrected chi connectivity index (χ1v) is 11.5. The fourth-order valence-corrected chi connectivity index (χ4v) is 5.93. The van der Waals surface area contributed by atoms with Gasteiger partial charge in [-0.3, -0.25) is 9.69 Å². The smallest absolute Gasteiger partial charge is 0.345 e. The summed E-state index contributed by atoms with van der Waals surface area (Å²) in [6, 6.07) is 8.43. The van der Waals surface area contributed by atoms with Crippen LogP contribution in [0.25, 0.3) is 22.2 Å². The van der Waals surface area contributed by atoms with Gasteiger partial charge in [-0.15, -0.1) is 12.4 Å². The summed E-state index contributed by atoms with van der Waals surface area (Å²) in [6.07, 6.45) is 2.65. The number of aromatic nitrogens is 2. The van der Waals surface area contributed by atoms with Gasteiger partial charge in [0.25, 0.3) is 5.56 Å². The number of pyridine rings is 1. The molecule has 1 aliphatic heterocycles. The highest BCUT2D eigenvalue weighted by atomic mass is 35.5. The molecule has 3 aromatic rings. The lowest BCUT2D eigenvalue weighted by molar-refractivity contribution is 0.0691. The van der Waals surface area contributed by atoms with Crippen LogP contribution >= 0.6 is 12.4 Å². The lowest BCUT2D eigenvalue weighted by Gasteiger charge is -2.18. The van der Waals surface area contributed by atoms with E-state index in [1.54, 1.807) is 0 Å². The molecule has 1 saturated heterocycles. The van der Waals surface area contributed by atoms with E-state index in [-0.39, 0.29) is 12.4 Å². The van der Waals surface area contributed by atoms with Crippen LogP contribution in [0.2, 0.25) is 0 Å². The van der Waals surface area contributed by atoms with Crippen molar-refractivity contribution in [2.24, 2.45) is 24.6 Å². The molecule has 8 nitrogen and oxygen atoms in total. The number of carboxylic acid groups (broad SMARTS) is 1. The molecule has 0 amide bonds. The average Bonchev–Trinajstić information content (AvgIpc) is 3.38. The van der Waals surface area contributed by atoms with Crippen molar-refractivity contribution in [3.8, 4) is 17.0 Å². The quantitative estimate of drug-likeness (QED) is 0.439. The number of nitrogens with zero attached hydrogens (tertiary/aromatic N) is 2. The molecule has 2 aliphatic rings. The number of nitrogens with two attached hydrogens (primary N) is 1. The lowest BCUT2D eigenvalue weighted by Crippen LogP contribution is -2.25. The zero-order chi connectivity index (χ0) is 23.4. The molecule has 1 aliphatic carbocycles. The number of carboxylic acids is 1. The summed E-state index contributed by atoms with van der Waals surface area (Å²) in [5, 5.41) is 20.8. The van der Waals surface area contributed by atoms with E-state index in [1.165, 1.54) is 5.69 Å². The fourth-order valence-electron chi connectivity index (χ4n) is 5.93. The average molecular weight is 487 g/mol. The molecule has 3 atom stereocenters. The second-order valence-corrected chi connectivity index (χ2v) is 9.60. The first kappa shape index (κ1) is 24.3. The summed E-state index contributed by atoms with van der Waals surface area (Å²) >= 11 is 0. The van der Waals surface area contributed by atoms with Gasteiger partial charge in [0.2, 0.25) is 0 Å². The second kappa shape index (κ2) is 9.09. The number of aryl methyl sites for hydroxylation is 1. The molecule has 9 heteroatoms. The standard InChI is InChI=1S/C25H30N4O4.ClH/c1-3-19-22(27-24(31)21(23(19)30)25(32)33)13-4-5-20-14(6-13)9-18(28(20)2)12-29-10-15-7-17(26)8-16(15)11-29;/h4-6,9,15-17H,3,7-8,10-12,26H2,1-2H3,(H,32,33)(H2,27,30,31);1H/t15-,16+,17?;. The molecule has 1 aromatic carbocycles. The topological polar surface area (TPSA) is 125 Å². The van der Waals surface area contributed by atoms with Gasteiger partial charge in [-0.05, 0) is 54.9 Å². The van der Waals surface area contributed by atoms with Crippen molar-refractivity contribution in [1.29, 1.82) is 0 Å². The molecule has 1 unspecified atom stereocenters. The van der Waals surface area contributed by atoms with Crippen molar-refractivity contribution in [2.75, 3.05) is 13.1 Å². The molecule has 34 heavy (non-hydrogen) atoms. The third-order valence-corrected chi connectivity index (χ3v) is 7.54. The molecule has 1 saturated carbocycles. The number of aromatic carboxylic acids is 1. The van der Waals surface area contributed by atoms with Gasteiger partial charge in [-0.1, -0.05) is 13.0 Å². The molecule has 0 bridgehead atoms. The number of benzene rings is 1. The van der Waals surface area contributed by atoms with Crippen LogP contribution in [0.1, 0.15) is 41.4 Å². The lowest BCUT2D eigenvalue weighted by atomic mass is 9.99. The molecule has 3 heterocycles. The Hall–Kier alpha value is -2.81. The summed E-state index contributed by atoms with van der Waals surface area (Å²) in [5.74, 6) is -0.470. The number of rotatable bonds is 5. The summed E-state index contributed by atoms with van der Waals surface area (Å²) in [5.41, 5.74) is 8.64. The Morgan fingerprint density at radius 2 is 1.88 bits per heavy atom. The molecular formula is C25H31ClN4O4. The first-order valence-electron chi connectivity index (χ1n) is 11.5. The Morgan fingerprint density at radius 1 is 1.21 bits per heavy atom. The van der Waals surface area contributed by atoms with E-state index in [0.717, 1.165) is 48.9 Å². The van der Waals surface area contributed by atoms with Crippen LogP contribution in [0.15, 0.2) is 29.1 Å². The molecule has 5 N–H and O–H groups in total. The Bertz CT molecular complexity index is 1300. The zero-order valence-corrected chi connectivity index (χ0v) is 20.2. The Labute approximate surface area is 203 Å². The van der Waals surface area contributed by atoms with E-state index < -0.39 is 22.8 Å². The summed E-state index contributed by atoms with van der Waals surface area (Å²) < 4.78 is 2.20. The molecule has 182 valence electrons. The highest BCUT2D eigenvalue weighted by Crippen LogP contribution is 2.38. The number of nitrogens with one attached hydrogen (secondary N) is 1. The fraction of sp³-hybridized carbons (Fsp3) is 0.440.